The third-order valence-corrected chi connectivity index (χ3v) is 4.30. The van der Waals surface area contributed by atoms with E-state index >= 15 is 0 Å². The number of carbonyl (C=O) groups excluding carboxylic acids is 1. The maximum Gasteiger partial charge on any atom is 0.192 e. The third kappa shape index (κ3) is 2.49. The fourth-order valence-corrected chi connectivity index (χ4v) is 2.92. The molecule has 21 heavy (non-hydrogen) atoms. The van der Waals surface area contributed by atoms with E-state index in [1.165, 1.54) is 6.20 Å². The molecule has 2 aromatic rings. The van der Waals surface area contributed by atoms with Gasteiger partial charge < -0.3 is 4.74 Å². The summed E-state index contributed by atoms with van der Waals surface area (Å²) in [5.41, 5.74) is 1.14. The number of carbonyl (C=O) groups is 1. The smallest absolute Gasteiger partial charge is 0.192 e. The first-order valence-corrected chi connectivity index (χ1v) is 7.37. The first kappa shape index (κ1) is 14.3. The van der Waals surface area contributed by atoms with Gasteiger partial charge in [0.2, 0.25) is 0 Å². The van der Waals surface area contributed by atoms with Crippen molar-refractivity contribution in [3.05, 3.63) is 52.8 Å². The van der Waals surface area contributed by atoms with Gasteiger partial charge in [-0.25, -0.2) is 0 Å². The molecule has 0 N–H and O–H groups in total. The summed E-state index contributed by atoms with van der Waals surface area (Å²) in [5.74, 6) is 0.0623. The van der Waals surface area contributed by atoms with Crippen LogP contribution in [0.15, 0.2) is 36.5 Å². The minimum Gasteiger partial charge on any atom is -0.383 e. The molecule has 1 saturated carbocycles. The molecule has 0 spiro atoms. The van der Waals surface area contributed by atoms with Gasteiger partial charge in [-0.1, -0.05) is 41.9 Å². The van der Waals surface area contributed by atoms with E-state index in [4.69, 9.17) is 16.3 Å². The van der Waals surface area contributed by atoms with Crippen LogP contribution in [0.1, 0.15) is 28.9 Å². The van der Waals surface area contributed by atoms with Crippen molar-refractivity contribution in [3.8, 4) is 0 Å². The van der Waals surface area contributed by atoms with Gasteiger partial charge in [-0.3, -0.25) is 9.48 Å². The van der Waals surface area contributed by atoms with Gasteiger partial charge >= 0.3 is 0 Å². The zero-order chi connectivity index (χ0) is 14.9. The molecule has 110 valence electrons. The Morgan fingerprint density at radius 3 is 2.71 bits per heavy atom. The molecular formula is C16H17ClN2O2. The van der Waals surface area contributed by atoms with Crippen molar-refractivity contribution in [2.45, 2.75) is 24.8 Å². The Bertz CT molecular complexity index is 648. The fourth-order valence-electron chi connectivity index (χ4n) is 2.69. The highest BCUT2D eigenvalue weighted by Gasteiger charge is 2.52. The van der Waals surface area contributed by atoms with Crippen LogP contribution in [0.5, 0.6) is 0 Å². The first-order valence-electron chi connectivity index (χ1n) is 6.99. The van der Waals surface area contributed by atoms with Gasteiger partial charge in [0.1, 0.15) is 5.69 Å². The van der Waals surface area contributed by atoms with Gasteiger partial charge in [0.05, 0.1) is 29.8 Å². The highest BCUT2D eigenvalue weighted by molar-refractivity contribution is 6.34. The lowest BCUT2D eigenvalue weighted by Gasteiger charge is -2.16. The highest BCUT2D eigenvalue weighted by atomic mass is 35.5. The molecule has 0 bridgehead atoms. The van der Waals surface area contributed by atoms with Crippen molar-refractivity contribution >= 4 is 17.4 Å². The average molecular weight is 305 g/mol. The molecule has 0 aliphatic heterocycles. The number of Topliss-reactive ketones (excluding diaryl/α,β-unsaturated/α-hetero) is 1. The van der Waals surface area contributed by atoms with E-state index in [0.717, 1.165) is 18.4 Å². The van der Waals surface area contributed by atoms with Crippen molar-refractivity contribution in [1.29, 1.82) is 0 Å². The van der Waals surface area contributed by atoms with Gasteiger partial charge in [0.15, 0.2) is 5.78 Å². The highest BCUT2D eigenvalue weighted by Crippen LogP contribution is 2.51. The molecule has 0 amide bonds. The number of nitrogens with zero attached hydrogens (tertiary/aromatic N) is 2. The van der Waals surface area contributed by atoms with E-state index in [0.29, 0.717) is 23.9 Å². The van der Waals surface area contributed by atoms with Gasteiger partial charge in [0, 0.05) is 7.11 Å². The SMILES string of the molecule is COCCn1ncc(Cl)c1C(=O)C1(c2ccccc2)CC1. The number of hydrogen-bond donors (Lipinski definition) is 0. The molecule has 1 aromatic heterocycles. The van der Waals surface area contributed by atoms with Crippen LogP contribution >= 0.6 is 11.6 Å². The Balaban J connectivity index is 1.94. The Kier molecular flexibility index (Phi) is 3.83. The summed E-state index contributed by atoms with van der Waals surface area (Å²) in [4.78, 5) is 13.0. The molecule has 1 heterocycles. The predicted octanol–water partition coefficient (Wildman–Crippen LogP) is 3.10. The van der Waals surface area contributed by atoms with E-state index in [2.05, 4.69) is 5.10 Å². The maximum atomic E-state index is 13.0. The first-order chi connectivity index (χ1) is 10.2. The quantitative estimate of drug-likeness (QED) is 0.770. The summed E-state index contributed by atoms with van der Waals surface area (Å²) in [6.07, 6.45) is 3.26. The molecule has 1 aliphatic carbocycles. The van der Waals surface area contributed by atoms with Crippen LogP contribution in [-0.2, 0) is 16.7 Å². The summed E-state index contributed by atoms with van der Waals surface area (Å²) in [5, 5.41) is 4.61. The molecule has 1 aliphatic rings. The zero-order valence-corrected chi connectivity index (χ0v) is 12.6. The number of benzene rings is 1. The summed E-state index contributed by atoms with van der Waals surface area (Å²) < 4.78 is 6.71. The molecule has 3 rings (SSSR count). The van der Waals surface area contributed by atoms with Crippen LogP contribution in [-0.4, -0.2) is 29.3 Å². The minimum absolute atomic E-state index is 0.0623. The van der Waals surface area contributed by atoms with Crippen LogP contribution in [0.2, 0.25) is 5.02 Å². The summed E-state index contributed by atoms with van der Waals surface area (Å²) in [7, 11) is 1.62. The number of methoxy groups -OCH3 is 1. The number of halogens is 1. The largest absolute Gasteiger partial charge is 0.383 e. The number of aromatic nitrogens is 2. The maximum absolute atomic E-state index is 13.0. The summed E-state index contributed by atoms with van der Waals surface area (Å²) in [6.45, 7) is 1.02. The average Bonchev–Trinajstić information content (AvgIpc) is 3.25. The lowest BCUT2D eigenvalue weighted by atomic mass is 9.89. The van der Waals surface area contributed by atoms with E-state index in [1.54, 1.807) is 11.8 Å². The Labute approximate surface area is 128 Å². The van der Waals surface area contributed by atoms with Crippen LogP contribution in [0.25, 0.3) is 0 Å². The summed E-state index contributed by atoms with van der Waals surface area (Å²) in [6, 6.07) is 9.90. The van der Waals surface area contributed by atoms with Crippen LogP contribution in [0.4, 0.5) is 0 Å². The van der Waals surface area contributed by atoms with Crippen molar-refractivity contribution < 1.29 is 9.53 Å². The molecule has 0 atom stereocenters. The monoisotopic (exact) mass is 304 g/mol. The molecule has 0 radical (unpaired) electrons. The number of ether oxygens (including phenoxy) is 1. The lowest BCUT2D eigenvalue weighted by Crippen LogP contribution is -2.25. The molecule has 1 aromatic carbocycles. The molecule has 1 fully saturated rings. The molecule has 0 saturated heterocycles. The Morgan fingerprint density at radius 1 is 1.38 bits per heavy atom. The second-order valence-electron chi connectivity index (χ2n) is 5.33. The Hall–Kier alpha value is -1.65. The molecular weight excluding hydrogens is 288 g/mol. The van der Waals surface area contributed by atoms with E-state index < -0.39 is 5.41 Å². The van der Waals surface area contributed by atoms with E-state index in [-0.39, 0.29) is 5.78 Å². The van der Waals surface area contributed by atoms with Crippen LogP contribution < -0.4 is 0 Å². The number of rotatable bonds is 6. The fraction of sp³-hybridized carbons (Fsp3) is 0.375. The molecule has 4 nitrogen and oxygen atoms in total. The van der Waals surface area contributed by atoms with Gasteiger partial charge in [-0.15, -0.1) is 0 Å². The Morgan fingerprint density at radius 2 is 2.10 bits per heavy atom. The van der Waals surface area contributed by atoms with Gasteiger partial charge in [0.25, 0.3) is 0 Å². The van der Waals surface area contributed by atoms with Crippen molar-refractivity contribution in [3.63, 3.8) is 0 Å². The van der Waals surface area contributed by atoms with Crippen LogP contribution in [0, 0.1) is 0 Å². The molecule has 5 heteroatoms. The zero-order valence-electron chi connectivity index (χ0n) is 11.9. The van der Waals surface area contributed by atoms with E-state index in [1.807, 2.05) is 30.3 Å². The predicted molar refractivity (Wildman–Crippen MR) is 80.8 cm³/mol. The summed E-state index contributed by atoms with van der Waals surface area (Å²) >= 11 is 6.20. The minimum atomic E-state index is -0.421. The molecule has 0 unspecified atom stereocenters. The third-order valence-electron chi connectivity index (χ3n) is 4.03. The number of ketones is 1. The van der Waals surface area contributed by atoms with Crippen LogP contribution in [0.3, 0.4) is 0 Å². The standard InChI is InChI=1S/C16H17ClN2O2/c1-21-10-9-19-14(13(17)11-18-19)15(20)16(7-8-16)12-5-3-2-4-6-12/h2-6,11H,7-10H2,1H3. The van der Waals surface area contributed by atoms with Crippen molar-refractivity contribution in [2.24, 2.45) is 0 Å². The van der Waals surface area contributed by atoms with Crippen molar-refractivity contribution in [1.82, 2.24) is 9.78 Å². The van der Waals surface area contributed by atoms with Gasteiger partial charge in [-0.2, -0.15) is 5.10 Å². The van der Waals surface area contributed by atoms with Crippen molar-refractivity contribution in [2.75, 3.05) is 13.7 Å². The topological polar surface area (TPSA) is 44.1 Å². The lowest BCUT2D eigenvalue weighted by molar-refractivity contribution is 0.0932. The second-order valence-corrected chi connectivity index (χ2v) is 5.74. The van der Waals surface area contributed by atoms with E-state index in [9.17, 15) is 4.79 Å². The van der Waals surface area contributed by atoms with Gasteiger partial charge in [-0.05, 0) is 18.4 Å². The second kappa shape index (κ2) is 5.62. The normalized spacial score (nSPS) is 15.9. The number of hydrogen-bond acceptors (Lipinski definition) is 3.